The van der Waals surface area contributed by atoms with Crippen LogP contribution in [0.15, 0.2) is 36.5 Å². The van der Waals surface area contributed by atoms with Crippen molar-refractivity contribution in [3.63, 3.8) is 0 Å². The number of pyridine rings is 1. The zero-order valence-electron chi connectivity index (χ0n) is 15.9. The van der Waals surface area contributed by atoms with Gasteiger partial charge in [-0.2, -0.15) is 4.52 Å². The van der Waals surface area contributed by atoms with Gasteiger partial charge in [0.2, 0.25) is 0 Å². The summed E-state index contributed by atoms with van der Waals surface area (Å²) in [6.45, 7) is 4.28. The standard InChI is InChI=1S/C20H23N7O/c1-14-23-24-18-8-7-17(25-27(14)18)22-12-20-9-4-5-15(20)11-26(13-20)19(28)16-6-2-3-10-21-16/h2-3,6-8,10,15H,4-5,9,11-13H2,1H3,(H,22,25)/t15-,20-/m0/s1. The van der Waals surface area contributed by atoms with Crippen LogP contribution in [0.3, 0.4) is 0 Å². The van der Waals surface area contributed by atoms with Crippen LogP contribution in [0.1, 0.15) is 35.6 Å². The predicted molar refractivity (Wildman–Crippen MR) is 104 cm³/mol. The molecule has 1 N–H and O–H groups in total. The number of carbonyl (C=O) groups is 1. The molecule has 4 heterocycles. The Morgan fingerprint density at radius 1 is 1.29 bits per heavy atom. The molecular formula is C20H23N7O. The molecule has 1 saturated heterocycles. The van der Waals surface area contributed by atoms with Gasteiger partial charge < -0.3 is 10.2 Å². The maximum absolute atomic E-state index is 12.9. The Morgan fingerprint density at radius 3 is 3.07 bits per heavy atom. The molecule has 0 unspecified atom stereocenters. The van der Waals surface area contributed by atoms with Crippen molar-refractivity contribution >= 4 is 17.4 Å². The number of aryl methyl sites for hydroxylation is 1. The minimum atomic E-state index is 0.0361. The molecule has 1 aliphatic carbocycles. The number of hydrogen-bond donors (Lipinski definition) is 1. The third kappa shape index (κ3) is 2.80. The first-order chi connectivity index (χ1) is 13.6. The second kappa shape index (κ2) is 6.54. The number of fused-ring (bicyclic) bond motifs is 2. The molecule has 2 fully saturated rings. The largest absolute Gasteiger partial charge is 0.368 e. The first kappa shape index (κ1) is 17.1. The number of aromatic nitrogens is 5. The molecule has 0 bridgehead atoms. The molecular weight excluding hydrogens is 354 g/mol. The van der Waals surface area contributed by atoms with Crippen molar-refractivity contribution in [1.29, 1.82) is 0 Å². The van der Waals surface area contributed by atoms with Crippen molar-refractivity contribution in [2.45, 2.75) is 26.2 Å². The van der Waals surface area contributed by atoms with Gasteiger partial charge in [-0.25, -0.2) is 0 Å². The molecule has 1 saturated carbocycles. The van der Waals surface area contributed by atoms with Crippen molar-refractivity contribution in [2.24, 2.45) is 11.3 Å². The summed E-state index contributed by atoms with van der Waals surface area (Å²) in [5.74, 6) is 2.13. The number of likely N-dealkylation sites (tertiary alicyclic amines) is 1. The molecule has 0 spiro atoms. The van der Waals surface area contributed by atoms with E-state index in [1.807, 2.05) is 36.1 Å². The van der Waals surface area contributed by atoms with Gasteiger partial charge in [0, 0.05) is 31.2 Å². The summed E-state index contributed by atoms with van der Waals surface area (Å²) in [6, 6.07) is 9.36. The first-order valence-electron chi connectivity index (χ1n) is 9.78. The summed E-state index contributed by atoms with van der Waals surface area (Å²) in [4.78, 5) is 19.1. The summed E-state index contributed by atoms with van der Waals surface area (Å²) in [7, 11) is 0. The lowest BCUT2D eigenvalue weighted by Gasteiger charge is -2.29. The monoisotopic (exact) mass is 377 g/mol. The fourth-order valence-corrected chi connectivity index (χ4v) is 4.77. The van der Waals surface area contributed by atoms with Crippen molar-refractivity contribution in [3.8, 4) is 0 Å². The molecule has 8 heteroatoms. The number of nitrogens with zero attached hydrogens (tertiary/aromatic N) is 6. The van der Waals surface area contributed by atoms with Crippen LogP contribution in [-0.2, 0) is 0 Å². The molecule has 2 aliphatic rings. The summed E-state index contributed by atoms with van der Waals surface area (Å²) in [5.41, 5.74) is 1.37. The lowest BCUT2D eigenvalue weighted by molar-refractivity contribution is 0.0765. The number of carbonyl (C=O) groups excluding carboxylic acids is 1. The zero-order chi connectivity index (χ0) is 19.1. The van der Waals surface area contributed by atoms with Gasteiger partial charge in [-0.05, 0) is 49.9 Å². The van der Waals surface area contributed by atoms with Crippen LogP contribution in [0.5, 0.6) is 0 Å². The Morgan fingerprint density at radius 2 is 2.21 bits per heavy atom. The minimum Gasteiger partial charge on any atom is -0.368 e. The SMILES string of the molecule is Cc1nnc2ccc(NC[C@]34CCC[C@H]3CN(C(=O)c3ccccn3)C4)nn12. The molecule has 1 amide bonds. The Labute approximate surface area is 163 Å². The summed E-state index contributed by atoms with van der Waals surface area (Å²) >= 11 is 0. The molecule has 8 nitrogen and oxygen atoms in total. The maximum Gasteiger partial charge on any atom is 0.272 e. The van der Waals surface area contributed by atoms with Gasteiger partial charge in [-0.3, -0.25) is 9.78 Å². The predicted octanol–water partition coefficient (Wildman–Crippen LogP) is 2.18. The van der Waals surface area contributed by atoms with Crippen LogP contribution < -0.4 is 5.32 Å². The van der Waals surface area contributed by atoms with Gasteiger partial charge in [-0.1, -0.05) is 12.5 Å². The molecule has 5 rings (SSSR count). The summed E-state index contributed by atoms with van der Waals surface area (Å²) < 4.78 is 1.75. The second-order valence-electron chi connectivity index (χ2n) is 7.94. The maximum atomic E-state index is 12.9. The van der Waals surface area contributed by atoms with Crippen LogP contribution in [-0.4, -0.2) is 55.2 Å². The second-order valence-corrected chi connectivity index (χ2v) is 7.94. The van der Waals surface area contributed by atoms with E-state index in [0.29, 0.717) is 11.6 Å². The average Bonchev–Trinajstić information content (AvgIpc) is 3.39. The third-order valence-electron chi connectivity index (χ3n) is 6.25. The lowest BCUT2D eigenvalue weighted by Crippen LogP contribution is -2.36. The fourth-order valence-electron chi connectivity index (χ4n) is 4.77. The first-order valence-corrected chi connectivity index (χ1v) is 9.78. The molecule has 0 aromatic carbocycles. The topological polar surface area (TPSA) is 88.3 Å². The van der Waals surface area contributed by atoms with E-state index in [2.05, 4.69) is 25.6 Å². The van der Waals surface area contributed by atoms with E-state index in [9.17, 15) is 4.79 Å². The van der Waals surface area contributed by atoms with Crippen molar-refractivity contribution in [1.82, 2.24) is 29.7 Å². The highest BCUT2D eigenvalue weighted by atomic mass is 16.2. The Hall–Kier alpha value is -3.03. The van der Waals surface area contributed by atoms with Crippen molar-refractivity contribution < 1.29 is 4.79 Å². The Bertz CT molecular complexity index is 1020. The highest BCUT2D eigenvalue weighted by Crippen LogP contribution is 2.48. The third-order valence-corrected chi connectivity index (χ3v) is 6.25. The quantitative estimate of drug-likeness (QED) is 0.750. The number of amides is 1. The molecule has 3 aromatic heterocycles. The molecule has 3 aromatic rings. The molecule has 0 radical (unpaired) electrons. The number of anilines is 1. The van der Waals surface area contributed by atoms with Crippen LogP contribution in [0.25, 0.3) is 5.65 Å². The van der Waals surface area contributed by atoms with Gasteiger partial charge in [0.05, 0.1) is 0 Å². The normalized spacial score (nSPS) is 23.9. The van der Waals surface area contributed by atoms with E-state index in [1.54, 1.807) is 16.8 Å². The van der Waals surface area contributed by atoms with Crippen LogP contribution >= 0.6 is 0 Å². The van der Waals surface area contributed by atoms with E-state index >= 15 is 0 Å². The molecule has 28 heavy (non-hydrogen) atoms. The highest BCUT2D eigenvalue weighted by molar-refractivity contribution is 5.92. The number of rotatable bonds is 4. The van der Waals surface area contributed by atoms with E-state index in [1.165, 1.54) is 12.8 Å². The number of nitrogens with one attached hydrogen (secondary N) is 1. The molecule has 144 valence electrons. The van der Waals surface area contributed by atoms with Crippen molar-refractivity contribution in [2.75, 3.05) is 25.0 Å². The van der Waals surface area contributed by atoms with E-state index in [0.717, 1.165) is 43.3 Å². The van der Waals surface area contributed by atoms with Crippen LogP contribution in [0.4, 0.5) is 5.82 Å². The van der Waals surface area contributed by atoms with Gasteiger partial charge in [0.25, 0.3) is 5.91 Å². The zero-order valence-corrected chi connectivity index (χ0v) is 15.9. The van der Waals surface area contributed by atoms with E-state index in [4.69, 9.17) is 0 Å². The van der Waals surface area contributed by atoms with E-state index < -0.39 is 0 Å². The smallest absolute Gasteiger partial charge is 0.272 e. The summed E-state index contributed by atoms with van der Waals surface area (Å²) in [6.07, 6.45) is 5.19. The van der Waals surface area contributed by atoms with Crippen LogP contribution in [0.2, 0.25) is 0 Å². The fraction of sp³-hybridized carbons (Fsp3) is 0.450. The lowest BCUT2D eigenvalue weighted by atomic mass is 9.80. The molecule has 1 aliphatic heterocycles. The van der Waals surface area contributed by atoms with Crippen molar-refractivity contribution in [3.05, 3.63) is 48.0 Å². The highest BCUT2D eigenvalue weighted by Gasteiger charge is 2.50. The van der Waals surface area contributed by atoms with Gasteiger partial charge >= 0.3 is 0 Å². The van der Waals surface area contributed by atoms with Gasteiger partial charge in [0.15, 0.2) is 11.5 Å². The van der Waals surface area contributed by atoms with E-state index in [-0.39, 0.29) is 11.3 Å². The summed E-state index contributed by atoms with van der Waals surface area (Å²) in [5, 5.41) is 16.3. The number of hydrogen-bond acceptors (Lipinski definition) is 6. The van der Waals surface area contributed by atoms with Gasteiger partial charge in [0.1, 0.15) is 11.5 Å². The molecule has 2 atom stereocenters. The Kier molecular flexibility index (Phi) is 3.99. The Balaban J connectivity index is 1.33. The average molecular weight is 377 g/mol. The van der Waals surface area contributed by atoms with Crippen LogP contribution in [0, 0.1) is 18.3 Å². The van der Waals surface area contributed by atoms with Gasteiger partial charge in [-0.15, -0.1) is 15.3 Å². The minimum absolute atomic E-state index is 0.0361.